The van der Waals surface area contributed by atoms with Crippen molar-refractivity contribution >= 4 is 23.3 Å². The minimum atomic E-state index is -0.416. The van der Waals surface area contributed by atoms with E-state index in [4.69, 9.17) is 14.2 Å². The summed E-state index contributed by atoms with van der Waals surface area (Å²) in [5, 5.41) is 0. The molecule has 0 aliphatic carbocycles. The van der Waals surface area contributed by atoms with Crippen molar-refractivity contribution in [3.05, 3.63) is 24.3 Å². The molecule has 1 aromatic carbocycles. The fourth-order valence-electron chi connectivity index (χ4n) is 1.95. The van der Waals surface area contributed by atoms with Gasteiger partial charge in [0.1, 0.15) is 5.75 Å². The van der Waals surface area contributed by atoms with Gasteiger partial charge in [0.05, 0.1) is 37.8 Å². The standard InChI is InChI=1S/C18H25NO5/c1-5-22-17(20)11-15(12-18(21)23-6-2)19-14-7-9-16(10-8-14)24-13(3)4/h7-10,13H,5-6,11-12H2,1-4H3. The number of nitrogens with zero attached hydrogens (tertiary/aromatic N) is 1. The molecule has 0 fully saturated rings. The average Bonchev–Trinajstić information content (AvgIpc) is 2.49. The Morgan fingerprint density at radius 1 is 0.958 bits per heavy atom. The van der Waals surface area contributed by atoms with Crippen LogP contribution in [-0.4, -0.2) is 37.0 Å². The van der Waals surface area contributed by atoms with E-state index in [0.29, 0.717) is 11.4 Å². The van der Waals surface area contributed by atoms with Gasteiger partial charge in [0.25, 0.3) is 0 Å². The van der Waals surface area contributed by atoms with Crippen molar-refractivity contribution in [1.82, 2.24) is 0 Å². The third kappa shape index (κ3) is 7.76. The molecule has 1 aromatic rings. The zero-order valence-corrected chi connectivity index (χ0v) is 14.7. The van der Waals surface area contributed by atoms with E-state index in [-0.39, 0.29) is 32.2 Å². The Balaban J connectivity index is 2.88. The molecule has 24 heavy (non-hydrogen) atoms. The molecule has 0 saturated heterocycles. The van der Waals surface area contributed by atoms with E-state index in [9.17, 15) is 9.59 Å². The monoisotopic (exact) mass is 335 g/mol. The summed E-state index contributed by atoms with van der Waals surface area (Å²) in [5.41, 5.74) is 1.04. The molecule has 0 saturated carbocycles. The summed E-state index contributed by atoms with van der Waals surface area (Å²) in [7, 11) is 0. The fourth-order valence-corrected chi connectivity index (χ4v) is 1.95. The smallest absolute Gasteiger partial charge is 0.311 e. The first-order valence-corrected chi connectivity index (χ1v) is 8.09. The second-order valence-corrected chi connectivity index (χ2v) is 5.30. The number of aliphatic imine (C=N–C) groups is 1. The van der Waals surface area contributed by atoms with E-state index in [2.05, 4.69) is 4.99 Å². The Morgan fingerprint density at radius 2 is 1.46 bits per heavy atom. The van der Waals surface area contributed by atoms with Crippen LogP contribution in [0.5, 0.6) is 5.75 Å². The summed E-state index contributed by atoms with van der Waals surface area (Å²) < 4.78 is 15.4. The third-order valence-corrected chi connectivity index (χ3v) is 2.80. The number of carbonyl (C=O) groups excluding carboxylic acids is 2. The van der Waals surface area contributed by atoms with E-state index >= 15 is 0 Å². The molecule has 0 aromatic heterocycles. The lowest BCUT2D eigenvalue weighted by Gasteiger charge is -2.10. The SMILES string of the molecule is CCOC(=O)CC(CC(=O)OCC)=Nc1ccc(OC(C)C)cc1. The number of carbonyl (C=O) groups is 2. The molecule has 0 aliphatic rings. The summed E-state index contributed by atoms with van der Waals surface area (Å²) in [6.07, 6.45) is -0.00380. The van der Waals surface area contributed by atoms with E-state index in [0.717, 1.165) is 5.75 Å². The lowest BCUT2D eigenvalue weighted by molar-refractivity contribution is -0.141. The molecule has 0 heterocycles. The number of hydrogen-bond acceptors (Lipinski definition) is 6. The van der Waals surface area contributed by atoms with Gasteiger partial charge in [0.2, 0.25) is 0 Å². The summed E-state index contributed by atoms with van der Waals surface area (Å²) in [5.74, 6) is -0.0955. The summed E-state index contributed by atoms with van der Waals surface area (Å²) in [4.78, 5) is 27.7. The number of ether oxygens (including phenoxy) is 3. The second-order valence-electron chi connectivity index (χ2n) is 5.30. The van der Waals surface area contributed by atoms with Crippen LogP contribution >= 0.6 is 0 Å². The Morgan fingerprint density at radius 3 is 1.88 bits per heavy atom. The van der Waals surface area contributed by atoms with Gasteiger partial charge in [-0.3, -0.25) is 14.6 Å². The van der Waals surface area contributed by atoms with Crippen molar-refractivity contribution in [2.45, 2.75) is 46.6 Å². The number of hydrogen-bond donors (Lipinski definition) is 0. The Kier molecular flexibility index (Phi) is 8.54. The highest BCUT2D eigenvalue weighted by Crippen LogP contribution is 2.20. The molecule has 6 heteroatoms. The van der Waals surface area contributed by atoms with Gasteiger partial charge in [-0.15, -0.1) is 0 Å². The molecule has 1 rings (SSSR count). The van der Waals surface area contributed by atoms with Crippen LogP contribution in [0.2, 0.25) is 0 Å². The van der Waals surface area contributed by atoms with Crippen LogP contribution < -0.4 is 4.74 Å². The predicted octanol–water partition coefficient (Wildman–Crippen LogP) is 3.45. The molecule has 0 spiro atoms. The van der Waals surface area contributed by atoms with Crippen molar-refractivity contribution in [1.29, 1.82) is 0 Å². The Labute approximate surface area is 142 Å². The van der Waals surface area contributed by atoms with E-state index in [1.165, 1.54) is 0 Å². The number of rotatable bonds is 9. The van der Waals surface area contributed by atoms with Crippen LogP contribution in [0, 0.1) is 0 Å². The zero-order chi connectivity index (χ0) is 17.9. The molecule has 0 N–H and O–H groups in total. The number of benzene rings is 1. The van der Waals surface area contributed by atoms with Gasteiger partial charge < -0.3 is 14.2 Å². The summed E-state index contributed by atoms with van der Waals surface area (Å²) in [6.45, 7) is 7.92. The molecule has 0 unspecified atom stereocenters. The largest absolute Gasteiger partial charge is 0.491 e. The lowest BCUT2D eigenvalue weighted by atomic mass is 10.2. The topological polar surface area (TPSA) is 74.2 Å². The quantitative estimate of drug-likeness (QED) is 0.510. The normalized spacial score (nSPS) is 10.2. The highest BCUT2D eigenvalue weighted by Gasteiger charge is 2.14. The van der Waals surface area contributed by atoms with Gasteiger partial charge in [0, 0.05) is 5.71 Å². The maximum absolute atomic E-state index is 11.7. The van der Waals surface area contributed by atoms with E-state index in [1.54, 1.807) is 38.1 Å². The van der Waals surface area contributed by atoms with E-state index < -0.39 is 11.9 Å². The molecule has 6 nitrogen and oxygen atoms in total. The molecule has 0 bridgehead atoms. The molecular weight excluding hydrogens is 310 g/mol. The van der Waals surface area contributed by atoms with Crippen LogP contribution in [-0.2, 0) is 19.1 Å². The van der Waals surface area contributed by atoms with Gasteiger partial charge in [-0.2, -0.15) is 0 Å². The molecule has 132 valence electrons. The predicted molar refractivity (Wildman–Crippen MR) is 91.8 cm³/mol. The Hall–Kier alpha value is -2.37. The minimum absolute atomic E-state index is 0.0447. The van der Waals surface area contributed by atoms with Crippen LogP contribution in [0.25, 0.3) is 0 Å². The first kappa shape index (κ1) is 19.7. The highest BCUT2D eigenvalue weighted by atomic mass is 16.5. The zero-order valence-electron chi connectivity index (χ0n) is 14.7. The van der Waals surface area contributed by atoms with Crippen molar-refractivity contribution in [3.63, 3.8) is 0 Å². The fraction of sp³-hybridized carbons (Fsp3) is 0.500. The van der Waals surface area contributed by atoms with Crippen molar-refractivity contribution in [2.75, 3.05) is 13.2 Å². The van der Waals surface area contributed by atoms with Gasteiger partial charge >= 0.3 is 11.9 Å². The molecule has 0 aliphatic heterocycles. The van der Waals surface area contributed by atoms with Crippen molar-refractivity contribution in [3.8, 4) is 5.75 Å². The summed E-state index contributed by atoms with van der Waals surface area (Å²) >= 11 is 0. The molecule has 0 amide bonds. The van der Waals surface area contributed by atoms with Crippen LogP contribution in [0.1, 0.15) is 40.5 Å². The first-order valence-electron chi connectivity index (χ1n) is 8.09. The first-order chi connectivity index (χ1) is 11.4. The molecule has 0 atom stereocenters. The number of esters is 2. The van der Waals surface area contributed by atoms with Crippen LogP contribution in [0.3, 0.4) is 0 Å². The molecular formula is C18H25NO5. The van der Waals surface area contributed by atoms with Gasteiger partial charge in [-0.1, -0.05) is 0 Å². The Bertz CT molecular complexity index is 541. The second kappa shape index (κ2) is 10.4. The van der Waals surface area contributed by atoms with Gasteiger partial charge in [-0.25, -0.2) is 0 Å². The molecule has 0 radical (unpaired) electrons. The highest BCUT2D eigenvalue weighted by molar-refractivity contribution is 6.07. The average molecular weight is 335 g/mol. The van der Waals surface area contributed by atoms with Gasteiger partial charge in [-0.05, 0) is 52.0 Å². The van der Waals surface area contributed by atoms with Crippen molar-refractivity contribution in [2.24, 2.45) is 4.99 Å². The maximum atomic E-state index is 11.7. The maximum Gasteiger partial charge on any atom is 0.311 e. The van der Waals surface area contributed by atoms with E-state index in [1.807, 2.05) is 13.8 Å². The third-order valence-electron chi connectivity index (χ3n) is 2.80. The van der Waals surface area contributed by atoms with Crippen molar-refractivity contribution < 1.29 is 23.8 Å². The van der Waals surface area contributed by atoms with Crippen LogP contribution in [0.15, 0.2) is 29.3 Å². The van der Waals surface area contributed by atoms with Crippen LogP contribution in [0.4, 0.5) is 5.69 Å². The lowest BCUT2D eigenvalue weighted by Crippen LogP contribution is -2.16. The minimum Gasteiger partial charge on any atom is -0.491 e. The summed E-state index contributed by atoms with van der Waals surface area (Å²) in [6, 6.07) is 7.14. The van der Waals surface area contributed by atoms with Gasteiger partial charge in [0.15, 0.2) is 0 Å².